The van der Waals surface area contributed by atoms with E-state index in [0.29, 0.717) is 5.02 Å². The van der Waals surface area contributed by atoms with Crippen molar-refractivity contribution < 1.29 is 0 Å². The lowest BCUT2D eigenvalue weighted by Gasteiger charge is -2.30. The molecule has 2 heterocycles. The summed E-state index contributed by atoms with van der Waals surface area (Å²) in [5, 5.41) is 0.588. The first kappa shape index (κ1) is 11.3. The van der Waals surface area contributed by atoms with Gasteiger partial charge >= 0.3 is 0 Å². The fourth-order valence-corrected chi connectivity index (χ4v) is 2.52. The van der Waals surface area contributed by atoms with Gasteiger partial charge in [0.15, 0.2) is 5.82 Å². The Morgan fingerprint density at radius 1 is 1.28 bits per heavy atom. The van der Waals surface area contributed by atoms with Crippen LogP contribution in [-0.4, -0.2) is 16.5 Å². The maximum absolute atomic E-state index is 6.12. The summed E-state index contributed by atoms with van der Waals surface area (Å²) in [4.78, 5) is 10.3. The summed E-state index contributed by atoms with van der Waals surface area (Å²) in [6.07, 6.45) is 4.13. The Morgan fingerprint density at radius 3 is 3.00 bits per heavy atom. The summed E-state index contributed by atoms with van der Waals surface area (Å²) in [5.74, 6) is 0.791. The van der Waals surface area contributed by atoms with Gasteiger partial charge in [0, 0.05) is 18.8 Å². The van der Waals surface area contributed by atoms with Crippen molar-refractivity contribution in [3.8, 4) is 0 Å². The molecule has 3 rings (SSSR count). The minimum atomic E-state index is 0.588. The highest BCUT2D eigenvalue weighted by molar-refractivity contribution is 6.32. The molecule has 92 valence electrons. The summed E-state index contributed by atoms with van der Waals surface area (Å²) in [7, 11) is 0. The third kappa shape index (κ3) is 1.99. The monoisotopic (exact) mass is 260 g/mol. The minimum absolute atomic E-state index is 0.588. The van der Waals surface area contributed by atoms with E-state index in [1.54, 1.807) is 6.20 Å². The van der Waals surface area contributed by atoms with E-state index < -0.39 is 0 Å². The Labute approximate surface area is 110 Å². The molecule has 1 aliphatic rings. The van der Waals surface area contributed by atoms with Crippen LogP contribution in [0.4, 0.5) is 11.5 Å². The summed E-state index contributed by atoms with van der Waals surface area (Å²) in [6.45, 7) is 1.70. The molecule has 4 nitrogen and oxygen atoms in total. The smallest absolute Gasteiger partial charge is 0.151 e. The second-order valence-electron chi connectivity index (χ2n) is 4.39. The van der Waals surface area contributed by atoms with Gasteiger partial charge in [-0.2, -0.15) is 0 Å². The molecule has 0 aliphatic carbocycles. The predicted molar refractivity (Wildman–Crippen MR) is 72.7 cm³/mol. The summed E-state index contributed by atoms with van der Waals surface area (Å²) in [6, 6.07) is 6.08. The molecule has 1 aliphatic heterocycles. The van der Waals surface area contributed by atoms with Gasteiger partial charge < -0.3 is 10.6 Å². The molecule has 1 aromatic heterocycles. The molecule has 0 saturated heterocycles. The van der Waals surface area contributed by atoms with Crippen LogP contribution in [0.15, 0.2) is 30.7 Å². The minimum Gasteiger partial charge on any atom is -0.399 e. The fraction of sp³-hybridized carbons (Fsp3) is 0.231. The van der Waals surface area contributed by atoms with Crippen molar-refractivity contribution in [2.24, 2.45) is 0 Å². The SMILES string of the molecule is Nc1ccc2c(c1)CN(c1ncncc1Cl)CC2. The number of hydrogen-bond acceptors (Lipinski definition) is 4. The molecule has 0 spiro atoms. The van der Waals surface area contributed by atoms with Gasteiger partial charge in [-0.15, -0.1) is 0 Å². The Hall–Kier alpha value is -1.81. The van der Waals surface area contributed by atoms with Gasteiger partial charge in [-0.05, 0) is 29.7 Å². The number of anilines is 2. The van der Waals surface area contributed by atoms with Gasteiger partial charge in [0.05, 0.1) is 6.20 Å². The van der Waals surface area contributed by atoms with Crippen LogP contribution < -0.4 is 10.6 Å². The number of nitrogens with zero attached hydrogens (tertiary/aromatic N) is 3. The number of nitrogen functional groups attached to an aromatic ring is 1. The molecule has 0 bridgehead atoms. The predicted octanol–water partition coefficient (Wildman–Crippen LogP) is 2.27. The van der Waals surface area contributed by atoms with E-state index in [1.165, 1.54) is 17.5 Å². The number of nitrogens with two attached hydrogens (primary N) is 1. The number of hydrogen-bond donors (Lipinski definition) is 1. The van der Waals surface area contributed by atoms with Gasteiger partial charge in [0.1, 0.15) is 11.3 Å². The molecule has 1 aromatic carbocycles. The first-order valence-corrected chi connectivity index (χ1v) is 6.19. The van der Waals surface area contributed by atoms with Crippen LogP contribution in [0.3, 0.4) is 0 Å². The number of aromatic nitrogens is 2. The number of fused-ring (bicyclic) bond motifs is 1. The second-order valence-corrected chi connectivity index (χ2v) is 4.80. The molecule has 0 saturated carbocycles. The number of rotatable bonds is 1. The molecule has 0 fully saturated rings. The van der Waals surface area contributed by atoms with E-state index in [0.717, 1.165) is 31.0 Å². The van der Waals surface area contributed by atoms with Crippen molar-refractivity contribution in [2.75, 3.05) is 17.2 Å². The fourth-order valence-electron chi connectivity index (χ4n) is 2.30. The van der Waals surface area contributed by atoms with Gasteiger partial charge in [0.25, 0.3) is 0 Å². The van der Waals surface area contributed by atoms with Crippen LogP contribution in [0.25, 0.3) is 0 Å². The van der Waals surface area contributed by atoms with Crippen molar-refractivity contribution in [3.63, 3.8) is 0 Å². The Balaban J connectivity index is 1.93. The summed E-state index contributed by atoms with van der Waals surface area (Å²) >= 11 is 6.12. The van der Waals surface area contributed by atoms with E-state index in [4.69, 9.17) is 17.3 Å². The first-order valence-electron chi connectivity index (χ1n) is 5.82. The van der Waals surface area contributed by atoms with Crippen LogP contribution in [0.5, 0.6) is 0 Å². The molecule has 0 atom stereocenters. The highest BCUT2D eigenvalue weighted by Crippen LogP contribution is 2.28. The number of benzene rings is 1. The zero-order valence-corrected chi connectivity index (χ0v) is 10.6. The number of halogens is 1. The molecular weight excluding hydrogens is 248 g/mol. The molecule has 0 amide bonds. The first-order chi connectivity index (χ1) is 8.74. The highest BCUT2D eigenvalue weighted by atomic mass is 35.5. The van der Waals surface area contributed by atoms with Gasteiger partial charge in [0.2, 0.25) is 0 Å². The Morgan fingerprint density at radius 2 is 2.17 bits per heavy atom. The maximum atomic E-state index is 6.12. The van der Waals surface area contributed by atoms with Crippen LogP contribution in [0.1, 0.15) is 11.1 Å². The molecule has 0 radical (unpaired) electrons. The molecular formula is C13H13ClN4. The van der Waals surface area contributed by atoms with Crippen molar-refractivity contribution in [1.82, 2.24) is 9.97 Å². The van der Waals surface area contributed by atoms with E-state index in [2.05, 4.69) is 20.9 Å². The van der Waals surface area contributed by atoms with E-state index in [-0.39, 0.29) is 0 Å². The quantitative estimate of drug-likeness (QED) is 0.800. The lowest BCUT2D eigenvalue weighted by atomic mass is 9.99. The third-order valence-electron chi connectivity index (χ3n) is 3.19. The van der Waals surface area contributed by atoms with E-state index in [9.17, 15) is 0 Å². The highest BCUT2D eigenvalue weighted by Gasteiger charge is 2.19. The van der Waals surface area contributed by atoms with Crippen LogP contribution >= 0.6 is 11.6 Å². The van der Waals surface area contributed by atoms with Crippen molar-refractivity contribution in [3.05, 3.63) is 46.9 Å². The normalized spacial score (nSPS) is 14.4. The van der Waals surface area contributed by atoms with E-state index in [1.807, 2.05) is 12.1 Å². The Kier molecular flexibility index (Phi) is 2.80. The topological polar surface area (TPSA) is 55.0 Å². The average Bonchev–Trinajstić information content (AvgIpc) is 2.38. The molecule has 18 heavy (non-hydrogen) atoms. The van der Waals surface area contributed by atoms with E-state index >= 15 is 0 Å². The Bertz CT molecular complexity index is 585. The molecule has 5 heteroatoms. The molecule has 0 unspecified atom stereocenters. The van der Waals surface area contributed by atoms with Gasteiger partial charge in [-0.3, -0.25) is 0 Å². The van der Waals surface area contributed by atoms with Crippen molar-refractivity contribution in [1.29, 1.82) is 0 Å². The molecule has 2 N–H and O–H groups in total. The largest absolute Gasteiger partial charge is 0.399 e. The lowest BCUT2D eigenvalue weighted by molar-refractivity contribution is 0.720. The summed E-state index contributed by atoms with van der Waals surface area (Å²) < 4.78 is 0. The third-order valence-corrected chi connectivity index (χ3v) is 3.46. The van der Waals surface area contributed by atoms with Gasteiger partial charge in [-0.1, -0.05) is 17.7 Å². The molecule has 2 aromatic rings. The zero-order valence-electron chi connectivity index (χ0n) is 9.81. The zero-order chi connectivity index (χ0) is 12.5. The van der Waals surface area contributed by atoms with Crippen LogP contribution in [0, 0.1) is 0 Å². The lowest BCUT2D eigenvalue weighted by Crippen LogP contribution is -2.31. The van der Waals surface area contributed by atoms with Crippen LogP contribution in [-0.2, 0) is 13.0 Å². The van der Waals surface area contributed by atoms with Crippen molar-refractivity contribution >= 4 is 23.1 Å². The average molecular weight is 261 g/mol. The van der Waals surface area contributed by atoms with Gasteiger partial charge in [-0.25, -0.2) is 9.97 Å². The second kappa shape index (κ2) is 4.46. The van der Waals surface area contributed by atoms with Crippen molar-refractivity contribution in [2.45, 2.75) is 13.0 Å². The maximum Gasteiger partial charge on any atom is 0.151 e. The standard InChI is InChI=1S/C13H13ClN4/c14-12-6-16-8-17-13(12)18-4-3-9-1-2-11(15)5-10(9)7-18/h1-2,5-6,8H,3-4,7,15H2. The summed E-state index contributed by atoms with van der Waals surface area (Å²) in [5.41, 5.74) is 9.22. The van der Waals surface area contributed by atoms with Crippen LogP contribution in [0.2, 0.25) is 5.02 Å².